The molecule has 6 heteroatoms. The molecule has 0 amide bonds. The molecule has 59 heavy (non-hydrogen) atoms. The normalized spacial score (nSPS) is 12.3. The lowest BCUT2D eigenvalue weighted by Gasteiger charge is -2.18. The highest BCUT2D eigenvalue weighted by Crippen LogP contribution is 2.15. The summed E-state index contributed by atoms with van der Waals surface area (Å²) >= 11 is 0. The van der Waals surface area contributed by atoms with Crippen molar-refractivity contribution in [2.24, 2.45) is 0 Å². The van der Waals surface area contributed by atoms with E-state index in [0.29, 0.717) is 19.3 Å². The molecule has 0 aliphatic carbocycles. The van der Waals surface area contributed by atoms with Gasteiger partial charge in [0.2, 0.25) is 0 Å². The quantitative estimate of drug-likeness (QED) is 0.0263. The van der Waals surface area contributed by atoms with Gasteiger partial charge in [0.05, 0.1) is 0 Å². The van der Waals surface area contributed by atoms with E-state index < -0.39 is 6.10 Å². The van der Waals surface area contributed by atoms with Crippen LogP contribution in [0.1, 0.15) is 265 Å². The van der Waals surface area contributed by atoms with Crippen molar-refractivity contribution in [2.45, 2.75) is 271 Å². The second-order valence-corrected chi connectivity index (χ2v) is 17.1. The van der Waals surface area contributed by atoms with Crippen LogP contribution in [0.15, 0.2) is 36.5 Å². The predicted octanol–water partition coefficient (Wildman–Crippen LogP) is 16.5. The summed E-state index contributed by atoms with van der Waals surface area (Å²) in [5, 5.41) is 0. The van der Waals surface area contributed by atoms with E-state index >= 15 is 0 Å². The first-order chi connectivity index (χ1) is 29.0. The second-order valence-electron chi connectivity index (χ2n) is 17.1. The zero-order chi connectivity index (χ0) is 43.0. The number of esters is 3. The van der Waals surface area contributed by atoms with E-state index in [9.17, 15) is 14.4 Å². The Morgan fingerprint density at radius 1 is 0.322 bits per heavy atom. The smallest absolute Gasteiger partial charge is 0.306 e. The van der Waals surface area contributed by atoms with Crippen LogP contribution in [-0.2, 0) is 28.6 Å². The zero-order valence-corrected chi connectivity index (χ0v) is 39.3. The first kappa shape index (κ1) is 56.6. The second kappa shape index (κ2) is 48.3. The SMILES string of the molecule is CCCC/C=C\CCCCCCCC(=O)OC[C@@H](COC(=O)CCCCCCCCCCC/C=C\CCCCCCCC)OC(=O)CCCCCCC/C=C\CCCC. The number of rotatable bonds is 46. The summed E-state index contributed by atoms with van der Waals surface area (Å²) in [4.78, 5) is 37.8. The molecule has 1 atom stereocenters. The number of hydrogen-bond donors (Lipinski definition) is 0. The minimum atomic E-state index is -0.776. The molecule has 0 bridgehead atoms. The topological polar surface area (TPSA) is 78.9 Å². The van der Waals surface area contributed by atoms with Gasteiger partial charge in [-0.2, -0.15) is 0 Å². The van der Waals surface area contributed by atoms with Crippen molar-refractivity contribution in [2.75, 3.05) is 13.2 Å². The van der Waals surface area contributed by atoms with Crippen LogP contribution in [0.3, 0.4) is 0 Å². The van der Waals surface area contributed by atoms with Gasteiger partial charge >= 0.3 is 17.9 Å². The lowest BCUT2D eigenvalue weighted by Crippen LogP contribution is -2.30. The Hall–Kier alpha value is -2.37. The first-order valence-corrected chi connectivity index (χ1v) is 25.5. The summed E-state index contributed by atoms with van der Waals surface area (Å²) in [6.07, 6.45) is 55.6. The van der Waals surface area contributed by atoms with Crippen molar-refractivity contribution in [1.82, 2.24) is 0 Å². The van der Waals surface area contributed by atoms with Crippen LogP contribution in [0.4, 0.5) is 0 Å². The summed E-state index contributed by atoms with van der Waals surface area (Å²) in [5.41, 5.74) is 0. The van der Waals surface area contributed by atoms with Crippen LogP contribution in [0.5, 0.6) is 0 Å². The molecule has 0 fully saturated rings. The van der Waals surface area contributed by atoms with E-state index in [4.69, 9.17) is 14.2 Å². The molecule has 0 aliphatic rings. The molecule has 0 spiro atoms. The summed E-state index contributed by atoms with van der Waals surface area (Å²) in [6.45, 7) is 6.55. The maximum absolute atomic E-state index is 12.7. The van der Waals surface area contributed by atoms with Crippen molar-refractivity contribution in [3.05, 3.63) is 36.5 Å². The van der Waals surface area contributed by atoms with Crippen molar-refractivity contribution in [3.8, 4) is 0 Å². The molecular weight excluding hydrogens is 733 g/mol. The summed E-state index contributed by atoms with van der Waals surface area (Å²) in [5.74, 6) is -0.894. The van der Waals surface area contributed by atoms with Gasteiger partial charge in [-0.15, -0.1) is 0 Å². The summed E-state index contributed by atoms with van der Waals surface area (Å²) in [7, 11) is 0. The molecule has 344 valence electrons. The average molecular weight is 829 g/mol. The van der Waals surface area contributed by atoms with Crippen LogP contribution in [0.2, 0.25) is 0 Å². The van der Waals surface area contributed by atoms with E-state index in [1.165, 1.54) is 148 Å². The monoisotopic (exact) mass is 829 g/mol. The highest BCUT2D eigenvalue weighted by atomic mass is 16.6. The van der Waals surface area contributed by atoms with Crippen LogP contribution in [0.25, 0.3) is 0 Å². The van der Waals surface area contributed by atoms with Crippen molar-refractivity contribution in [1.29, 1.82) is 0 Å². The highest BCUT2D eigenvalue weighted by molar-refractivity contribution is 5.71. The number of ether oxygens (including phenoxy) is 3. The third-order valence-electron chi connectivity index (χ3n) is 11.1. The van der Waals surface area contributed by atoms with E-state index in [1.54, 1.807) is 0 Å². The number of carbonyl (C=O) groups excluding carboxylic acids is 3. The first-order valence-electron chi connectivity index (χ1n) is 25.5. The Labute approximate surface area is 365 Å². The third kappa shape index (κ3) is 46.5. The molecule has 0 aromatic rings. The van der Waals surface area contributed by atoms with E-state index in [1.807, 2.05) is 0 Å². The van der Waals surface area contributed by atoms with Crippen LogP contribution in [-0.4, -0.2) is 37.2 Å². The maximum Gasteiger partial charge on any atom is 0.306 e. The fourth-order valence-corrected chi connectivity index (χ4v) is 7.16. The molecular formula is C53H96O6. The van der Waals surface area contributed by atoms with Gasteiger partial charge in [0.25, 0.3) is 0 Å². The highest BCUT2D eigenvalue weighted by Gasteiger charge is 2.19. The lowest BCUT2D eigenvalue weighted by molar-refractivity contribution is -0.167. The predicted molar refractivity (Wildman–Crippen MR) is 252 cm³/mol. The van der Waals surface area contributed by atoms with Crippen molar-refractivity contribution < 1.29 is 28.6 Å². The Morgan fingerprint density at radius 2 is 0.576 bits per heavy atom. The minimum Gasteiger partial charge on any atom is -0.462 e. The zero-order valence-electron chi connectivity index (χ0n) is 39.3. The fraction of sp³-hybridized carbons (Fsp3) is 0.830. The van der Waals surface area contributed by atoms with Gasteiger partial charge in [-0.25, -0.2) is 0 Å². The maximum atomic E-state index is 12.7. The van der Waals surface area contributed by atoms with Gasteiger partial charge in [0, 0.05) is 19.3 Å². The van der Waals surface area contributed by atoms with Gasteiger partial charge in [-0.1, -0.05) is 198 Å². The molecule has 0 aromatic carbocycles. The van der Waals surface area contributed by atoms with E-state index in [2.05, 4.69) is 57.2 Å². The Morgan fingerprint density at radius 3 is 0.898 bits per heavy atom. The van der Waals surface area contributed by atoms with Gasteiger partial charge in [-0.05, 0) is 83.5 Å². The molecule has 0 heterocycles. The van der Waals surface area contributed by atoms with Gasteiger partial charge in [-0.3, -0.25) is 14.4 Å². The Bertz CT molecular complexity index is 1000. The Balaban J connectivity index is 4.29. The molecule has 0 radical (unpaired) electrons. The number of unbranched alkanes of at least 4 members (excludes halogenated alkanes) is 29. The van der Waals surface area contributed by atoms with Gasteiger partial charge in [0.1, 0.15) is 13.2 Å². The summed E-state index contributed by atoms with van der Waals surface area (Å²) in [6, 6.07) is 0. The number of carbonyl (C=O) groups is 3. The Kier molecular flexibility index (Phi) is 46.4. The van der Waals surface area contributed by atoms with Crippen LogP contribution >= 0.6 is 0 Å². The van der Waals surface area contributed by atoms with Crippen molar-refractivity contribution >= 4 is 17.9 Å². The molecule has 0 N–H and O–H groups in total. The van der Waals surface area contributed by atoms with Crippen molar-refractivity contribution in [3.63, 3.8) is 0 Å². The number of allylic oxidation sites excluding steroid dienone is 6. The third-order valence-corrected chi connectivity index (χ3v) is 11.1. The molecule has 6 nitrogen and oxygen atoms in total. The molecule has 0 aromatic heterocycles. The summed E-state index contributed by atoms with van der Waals surface area (Å²) < 4.78 is 16.7. The largest absolute Gasteiger partial charge is 0.462 e. The molecule has 0 aliphatic heterocycles. The molecule has 0 saturated carbocycles. The van der Waals surface area contributed by atoms with Crippen LogP contribution < -0.4 is 0 Å². The van der Waals surface area contributed by atoms with Gasteiger partial charge < -0.3 is 14.2 Å². The molecule has 0 unspecified atom stereocenters. The standard InChI is InChI=1S/C53H96O6/c1-4-7-10-13-16-19-22-23-24-25-26-27-28-29-32-34-37-40-43-46-52(55)58-49-50(59-53(56)47-44-41-38-35-31-21-18-15-12-9-6-3)48-57-51(54)45-42-39-36-33-30-20-17-14-11-8-5-2/h14-15,17-18,23-24,50H,4-13,16,19-22,25-49H2,1-3H3/b17-14-,18-15-,24-23-/t50-/m0/s1. The number of hydrogen-bond acceptors (Lipinski definition) is 6. The minimum absolute atomic E-state index is 0.0779. The average Bonchev–Trinajstić information content (AvgIpc) is 3.23. The van der Waals surface area contributed by atoms with E-state index in [-0.39, 0.29) is 31.1 Å². The van der Waals surface area contributed by atoms with Gasteiger partial charge in [0.15, 0.2) is 6.10 Å². The van der Waals surface area contributed by atoms with E-state index in [0.717, 1.165) is 77.0 Å². The molecule has 0 rings (SSSR count). The molecule has 0 saturated heterocycles. The fourth-order valence-electron chi connectivity index (χ4n) is 7.16. The van der Waals surface area contributed by atoms with Crippen LogP contribution in [0, 0.1) is 0 Å². The lowest BCUT2D eigenvalue weighted by atomic mass is 10.1.